The van der Waals surface area contributed by atoms with Crippen LogP contribution in [0.1, 0.15) is 21.5 Å². The van der Waals surface area contributed by atoms with Crippen molar-refractivity contribution in [2.75, 3.05) is 7.11 Å². The van der Waals surface area contributed by atoms with Gasteiger partial charge in [-0.05, 0) is 42.0 Å². The van der Waals surface area contributed by atoms with E-state index in [0.717, 1.165) is 25.3 Å². The number of ether oxygens (including phenoxy) is 1. The van der Waals surface area contributed by atoms with E-state index in [2.05, 4.69) is 4.74 Å². The number of carbonyl (C=O) groups excluding carboxylic acids is 1. The molecule has 134 valence electrons. The van der Waals surface area contributed by atoms with Gasteiger partial charge in [0, 0.05) is 0 Å². The van der Waals surface area contributed by atoms with Crippen molar-refractivity contribution >= 4 is 15.8 Å². The minimum Gasteiger partial charge on any atom is -0.507 e. The highest BCUT2D eigenvalue weighted by molar-refractivity contribution is 7.90. The summed E-state index contributed by atoms with van der Waals surface area (Å²) in [5.74, 6) is -1.78. The van der Waals surface area contributed by atoms with Gasteiger partial charge in [-0.2, -0.15) is 13.2 Å². The lowest BCUT2D eigenvalue weighted by Gasteiger charge is -2.09. The number of esters is 1. The molecular weight excluding hydrogens is 361 g/mol. The fourth-order valence-corrected chi connectivity index (χ4v) is 3.44. The second kappa shape index (κ2) is 6.75. The van der Waals surface area contributed by atoms with Crippen LogP contribution >= 0.6 is 0 Å². The summed E-state index contributed by atoms with van der Waals surface area (Å²) >= 11 is 0. The van der Waals surface area contributed by atoms with E-state index in [1.807, 2.05) is 0 Å². The van der Waals surface area contributed by atoms with Gasteiger partial charge >= 0.3 is 12.1 Å². The molecule has 0 fully saturated rings. The number of halogens is 3. The van der Waals surface area contributed by atoms with E-state index < -0.39 is 39.0 Å². The van der Waals surface area contributed by atoms with E-state index in [4.69, 9.17) is 0 Å². The number of sulfone groups is 1. The fourth-order valence-electron chi connectivity index (χ4n) is 2.10. The van der Waals surface area contributed by atoms with Gasteiger partial charge in [-0.15, -0.1) is 0 Å². The number of hydrogen-bond donors (Lipinski definition) is 1. The predicted molar refractivity (Wildman–Crippen MR) is 81.8 cm³/mol. The van der Waals surface area contributed by atoms with E-state index in [0.29, 0.717) is 12.1 Å². The second-order valence-electron chi connectivity index (χ2n) is 5.12. The van der Waals surface area contributed by atoms with Crippen molar-refractivity contribution in [1.29, 1.82) is 0 Å². The highest BCUT2D eigenvalue weighted by Crippen LogP contribution is 2.30. The van der Waals surface area contributed by atoms with Crippen molar-refractivity contribution in [2.45, 2.75) is 16.8 Å². The molecule has 0 heterocycles. The molecular formula is C16H13F3O5S. The first-order valence-corrected chi connectivity index (χ1v) is 8.50. The van der Waals surface area contributed by atoms with Crippen LogP contribution in [0.2, 0.25) is 0 Å². The Morgan fingerprint density at radius 2 is 1.72 bits per heavy atom. The first-order valence-electron chi connectivity index (χ1n) is 6.85. The molecule has 0 aliphatic heterocycles. The van der Waals surface area contributed by atoms with Crippen molar-refractivity contribution in [2.24, 2.45) is 0 Å². The summed E-state index contributed by atoms with van der Waals surface area (Å²) in [4.78, 5) is 11.1. The number of phenols is 1. The first kappa shape index (κ1) is 18.8. The zero-order valence-electron chi connectivity index (χ0n) is 12.9. The highest BCUT2D eigenvalue weighted by Gasteiger charge is 2.30. The number of hydrogen-bond acceptors (Lipinski definition) is 5. The number of phenolic OH excluding ortho intramolecular Hbond substituents is 1. The van der Waals surface area contributed by atoms with Gasteiger partial charge in [-0.1, -0.05) is 6.07 Å². The number of alkyl halides is 3. The molecule has 0 spiro atoms. The van der Waals surface area contributed by atoms with Gasteiger partial charge < -0.3 is 9.84 Å². The molecule has 0 radical (unpaired) electrons. The zero-order valence-corrected chi connectivity index (χ0v) is 13.7. The second-order valence-corrected chi connectivity index (χ2v) is 7.11. The SMILES string of the molecule is COC(=O)c1ccc(CS(=O)(=O)c2ccc(C(F)(F)F)cc2)cc1O. The molecule has 0 amide bonds. The molecule has 0 aliphatic rings. The monoisotopic (exact) mass is 374 g/mol. The van der Waals surface area contributed by atoms with Gasteiger partial charge in [0.25, 0.3) is 0 Å². The van der Waals surface area contributed by atoms with Crippen molar-refractivity contribution in [3.8, 4) is 5.75 Å². The summed E-state index contributed by atoms with van der Waals surface area (Å²) in [7, 11) is -2.80. The van der Waals surface area contributed by atoms with Gasteiger partial charge in [-0.3, -0.25) is 0 Å². The van der Waals surface area contributed by atoms with Gasteiger partial charge in [-0.25, -0.2) is 13.2 Å². The summed E-state index contributed by atoms with van der Waals surface area (Å²) in [6.45, 7) is 0. The Balaban J connectivity index is 2.27. The predicted octanol–water partition coefficient (Wildman–Crippen LogP) is 3.17. The Morgan fingerprint density at radius 3 is 2.20 bits per heavy atom. The molecule has 0 saturated heterocycles. The van der Waals surface area contributed by atoms with Crippen molar-refractivity contribution in [3.63, 3.8) is 0 Å². The maximum Gasteiger partial charge on any atom is 0.416 e. The van der Waals surface area contributed by atoms with Gasteiger partial charge in [0.2, 0.25) is 0 Å². The number of benzene rings is 2. The average Bonchev–Trinajstić information content (AvgIpc) is 2.53. The smallest absolute Gasteiger partial charge is 0.416 e. The molecule has 1 N–H and O–H groups in total. The third-order valence-electron chi connectivity index (χ3n) is 3.36. The van der Waals surface area contributed by atoms with Crippen LogP contribution in [0.5, 0.6) is 5.75 Å². The third-order valence-corrected chi connectivity index (χ3v) is 5.07. The largest absolute Gasteiger partial charge is 0.507 e. The molecule has 2 aromatic rings. The van der Waals surface area contributed by atoms with Crippen LogP contribution < -0.4 is 0 Å². The summed E-state index contributed by atoms with van der Waals surface area (Å²) in [6.07, 6.45) is -4.56. The number of carbonyl (C=O) groups is 1. The highest BCUT2D eigenvalue weighted by atomic mass is 32.2. The topological polar surface area (TPSA) is 80.7 Å². The van der Waals surface area contributed by atoms with E-state index in [1.54, 1.807) is 0 Å². The lowest BCUT2D eigenvalue weighted by Crippen LogP contribution is -2.08. The van der Waals surface area contributed by atoms with Gasteiger partial charge in [0.05, 0.1) is 23.3 Å². The van der Waals surface area contributed by atoms with Crippen LogP contribution in [-0.4, -0.2) is 26.6 Å². The molecule has 0 bridgehead atoms. The number of methoxy groups -OCH3 is 1. The average molecular weight is 374 g/mol. The van der Waals surface area contributed by atoms with Crippen LogP contribution in [0.25, 0.3) is 0 Å². The minimum absolute atomic E-state index is 0.127. The van der Waals surface area contributed by atoms with Crippen molar-refractivity contribution < 1.29 is 36.2 Å². The quantitative estimate of drug-likeness (QED) is 0.832. The molecule has 0 unspecified atom stereocenters. The molecule has 2 aromatic carbocycles. The molecule has 0 aromatic heterocycles. The summed E-state index contributed by atoms with van der Waals surface area (Å²) < 4.78 is 66.6. The van der Waals surface area contributed by atoms with Gasteiger partial charge in [0.15, 0.2) is 9.84 Å². The first-order chi connectivity index (χ1) is 11.5. The van der Waals surface area contributed by atoms with Crippen LogP contribution in [0.3, 0.4) is 0 Å². The molecule has 0 atom stereocenters. The Labute approximate surface area is 141 Å². The third kappa shape index (κ3) is 4.30. The zero-order chi connectivity index (χ0) is 18.8. The Kier molecular flexibility index (Phi) is 5.07. The normalized spacial score (nSPS) is 12.0. The van der Waals surface area contributed by atoms with E-state index in [-0.39, 0.29) is 16.0 Å². The Morgan fingerprint density at radius 1 is 1.12 bits per heavy atom. The molecule has 2 rings (SSSR count). The van der Waals surface area contributed by atoms with Crippen LogP contribution in [-0.2, 0) is 26.5 Å². The van der Waals surface area contributed by atoms with Crippen molar-refractivity contribution in [1.82, 2.24) is 0 Å². The lowest BCUT2D eigenvalue weighted by atomic mass is 10.1. The lowest BCUT2D eigenvalue weighted by molar-refractivity contribution is -0.137. The van der Waals surface area contributed by atoms with E-state index in [1.165, 1.54) is 12.1 Å². The summed E-state index contributed by atoms with van der Waals surface area (Å²) in [5.41, 5.74) is -0.908. The Bertz CT molecular complexity index is 887. The minimum atomic E-state index is -4.56. The van der Waals surface area contributed by atoms with Gasteiger partial charge in [0.1, 0.15) is 11.3 Å². The molecule has 25 heavy (non-hydrogen) atoms. The number of rotatable bonds is 4. The molecule has 0 aliphatic carbocycles. The maximum atomic E-state index is 12.5. The Hall–Kier alpha value is -2.55. The fraction of sp³-hybridized carbons (Fsp3) is 0.188. The molecule has 0 saturated carbocycles. The van der Waals surface area contributed by atoms with Crippen LogP contribution in [0.15, 0.2) is 47.4 Å². The van der Waals surface area contributed by atoms with E-state index >= 15 is 0 Å². The standard InChI is InChI=1S/C16H13F3O5S/c1-24-15(21)13-7-2-10(8-14(13)20)9-25(22,23)12-5-3-11(4-6-12)16(17,18)19/h2-8,20H,9H2,1H3. The van der Waals surface area contributed by atoms with Crippen molar-refractivity contribution in [3.05, 3.63) is 59.2 Å². The van der Waals surface area contributed by atoms with Crippen LogP contribution in [0.4, 0.5) is 13.2 Å². The number of aromatic hydroxyl groups is 1. The molecule has 5 nitrogen and oxygen atoms in total. The summed E-state index contributed by atoms with van der Waals surface area (Å²) in [5, 5.41) is 9.77. The maximum absolute atomic E-state index is 12.5. The molecule has 9 heteroatoms. The van der Waals surface area contributed by atoms with Crippen LogP contribution in [0, 0.1) is 0 Å². The van der Waals surface area contributed by atoms with E-state index in [9.17, 15) is 31.5 Å². The summed E-state index contributed by atoms with van der Waals surface area (Å²) in [6, 6.07) is 6.73.